The molecule has 2 aliphatic heterocycles. The van der Waals surface area contributed by atoms with Crippen LogP contribution >= 0.6 is 0 Å². The molecule has 2 amide bonds. The number of nitrogens with one attached hydrogen (secondary N) is 1. The van der Waals surface area contributed by atoms with Crippen molar-refractivity contribution >= 4 is 27.5 Å². The second kappa shape index (κ2) is 9.06. The SMILES string of the molecule is O=C(NC1CCCCC1)[C@H]1CCCN(S(=O)(=O)c2ccc(N3CCCC3=O)cc2)C1. The molecular formula is C22H31N3O4S. The highest BCUT2D eigenvalue weighted by Gasteiger charge is 2.34. The van der Waals surface area contributed by atoms with E-state index in [1.54, 1.807) is 29.2 Å². The number of anilines is 1. The number of hydrogen-bond acceptors (Lipinski definition) is 4. The van der Waals surface area contributed by atoms with Crippen LogP contribution in [0.15, 0.2) is 29.2 Å². The number of carbonyl (C=O) groups excluding carboxylic acids is 2. The zero-order valence-electron chi connectivity index (χ0n) is 17.4. The molecule has 1 aliphatic carbocycles. The molecule has 3 aliphatic rings. The average molecular weight is 434 g/mol. The minimum absolute atomic E-state index is 0.00954. The second-order valence-electron chi connectivity index (χ2n) is 8.69. The van der Waals surface area contributed by atoms with Gasteiger partial charge >= 0.3 is 0 Å². The van der Waals surface area contributed by atoms with Crippen LogP contribution in [0.25, 0.3) is 0 Å². The largest absolute Gasteiger partial charge is 0.353 e. The summed E-state index contributed by atoms with van der Waals surface area (Å²) in [6.45, 7) is 1.34. The molecule has 164 valence electrons. The van der Waals surface area contributed by atoms with Gasteiger partial charge in [0.25, 0.3) is 0 Å². The van der Waals surface area contributed by atoms with Gasteiger partial charge in [0.15, 0.2) is 0 Å². The van der Waals surface area contributed by atoms with Crippen molar-refractivity contribution in [2.45, 2.75) is 68.7 Å². The lowest BCUT2D eigenvalue weighted by Gasteiger charge is -2.33. The number of nitrogens with zero attached hydrogens (tertiary/aromatic N) is 2. The highest BCUT2D eigenvalue weighted by molar-refractivity contribution is 7.89. The van der Waals surface area contributed by atoms with Crippen molar-refractivity contribution in [1.82, 2.24) is 9.62 Å². The van der Waals surface area contributed by atoms with Crippen molar-refractivity contribution < 1.29 is 18.0 Å². The average Bonchev–Trinajstić information content (AvgIpc) is 3.20. The predicted octanol–water partition coefficient (Wildman–Crippen LogP) is 2.66. The van der Waals surface area contributed by atoms with Gasteiger partial charge in [-0.2, -0.15) is 4.31 Å². The number of sulfonamides is 1. The van der Waals surface area contributed by atoms with E-state index in [9.17, 15) is 18.0 Å². The Kier molecular flexibility index (Phi) is 6.43. The van der Waals surface area contributed by atoms with Crippen molar-refractivity contribution in [1.29, 1.82) is 0 Å². The number of piperidine rings is 1. The maximum absolute atomic E-state index is 13.2. The van der Waals surface area contributed by atoms with Crippen LogP contribution in [0.4, 0.5) is 5.69 Å². The summed E-state index contributed by atoms with van der Waals surface area (Å²) in [5.41, 5.74) is 0.736. The lowest BCUT2D eigenvalue weighted by Crippen LogP contribution is -2.47. The van der Waals surface area contributed by atoms with Gasteiger partial charge in [-0.15, -0.1) is 0 Å². The van der Waals surface area contributed by atoms with E-state index in [1.165, 1.54) is 10.7 Å². The fraction of sp³-hybridized carbons (Fsp3) is 0.636. The van der Waals surface area contributed by atoms with Gasteiger partial charge in [0.2, 0.25) is 21.8 Å². The summed E-state index contributed by atoms with van der Waals surface area (Å²) in [4.78, 5) is 26.5. The van der Waals surface area contributed by atoms with Crippen LogP contribution in [0.2, 0.25) is 0 Å². The lowest BCUT2D eigenvalue weighted by atomic mass is 9.93. The van der Waals surface area contributed by atoms with Gasteiger partial charge in [0, 0.05) is 37.8 Å². The summed E-state index contributed by atoms with van der Waals surface area (Å²) < 4.78 is 27.8. The third kappa shape index (κ3) is 4.54. The summed E-state index contributed by atoms with van der Waals surface area (Å²) >= 11 is 0. The number of amides is 2. The Balaban J connectivity index is 1.41. The summed E-state index contributed by atoms with van der Waals surface area (Å²) in [6, 6.07) is 6.78. The van der Waals surface area contributed by atoms with Gasteiger partial charge in [-0.05, 0) is 56.4 Å². The highest BCUT2D eigenvalue weighted by Crippen LogP contribution is 2.27. The molecule has 2 saturated heterocycles. The van der Waals surface area contributed by atoms with Gasteiger partial charge in [-0.3, -0.25) is 9.59 Å². The third-order valence-electron chi connectivity index (χ3n) is 6.57. The molecule has 1 aromatic rings. The van der Waals surface area contributed by atoms with E-state index < -0.39 is 10.0 Å². The summed E-state index contributed by atoms with van der Waals surface area (Å²) in [5, 5.41) is 3.15. The maximum Gasteiger partial charge on any atom is 0.243 e. The Bertz CT molecular complexity index is 878. The topological polar surface area (TPSA) is 86.8 Å². The lowest BCUT2D eigenvalue weighted by molar-refractivity contribution is -0.127. The van der Waals surface area contributed by atoms with Crippen molar-refractivity contribution in [3.05, 3.63) is 24.3 Å². The summed E-state index contributed by atoms with van der Waals surface area (Å²) in [6.07, 6.45) is 8.34. The molecule has 30 heavy (non-hydrogen) atoms. The van der Waals surface area contributed by atoms with E-state index >= 15 is 0 Å². The van der Waals surface area contributed by atoms with Gasteiger partial charge in [0.05, 0.1) is 10.8 Å². The van der Waals surface area contributed by atoms with Crippen LogP contribution in [0, 0.1) is 5.92 Å². The molecular weight excluding hydrogens is 402 g/mol. The number of rotatable bonds is 5. The Labute approximate surface area is 178 Å². The van der Waals surface area contributed by atoms with Crippen LogP contribution in [0.5, 0.6) is 0 Å². The zero-order valence-corrected chi connectivity index (χ0v) is 18.2. The fourth-order valence-electron chi connectivity index (χ4n) is 4.81. The Morgan fingerprint density at radius 3 is 2.33 bits per heavy atom. The quantitative estimate of drug-likeness (QED) is 0.773. The fourth-order valence-corrected chi connectivity index (χ4v) is 6.33. The van der Waals surface area contributed by atoms with Gasteiger partial charge < -0.3 is 10.2 Å². The highest BCUT2D eigenvalue weighted by atomic mass is 32.2. The standard InChI is InChI=1S/C22H31N3O4S/c26-21-9-5-15-25(21)19-10-12-20(13-11-19)30(28,29)24-14-4-6-17(16-24)22(27)23-18-7-2-1-3-8-18/h10-13,17-18H,1-9,14-16H2,(H,23,27)/t17-/m0/s1. The Morgan fingerprint density at radius 2 is 1.67 bits per heavy atom. The minimum atomic E-state index is -3.67. The molecule has 4 rings (SSSR count). The first-order valence-corrected chi connectivity index (χ1v) is 12.6. The molecule has 0 radical (unpaired) electrons. The molecule has 1 saturated carbocycles. The molecule has 1 atom stereocenters. The normalized spacial score (nSPS) is 24.2. The summed E-state index contributed by atoms with van der Waals surface area (Å²) in [5.74, 6) is -0.227. The van der Waals surface area contributed by atoms with Gasteiger partial charge in [-0.25, -0.2) is 8.42 Å². The number of hydrogen-bond donors (Lipinski definition) is 1. The smallest absolute Gasteiger partial charge is 0.243 e. The predicted molar refractivity (Wildman–Crippen MR) is 115 cm³/mol. The van der Waals surface area contributed by atoms with Gasteiger partial charge in [-0.1, -0.05) is 19.3 Å². The van der Waals surface area contributed by atoms with Crippen LogP contribution in [0.3, 0.4) is 0 Å². The Morgan fingerprint density at radius 1 is 0.933 bits per heavy atom. The third-order valence-corrected chi connectivity index (χ3v) is 8.45. The number of carbonyl (C=O) groups is 2. The van der Waals surface area contributed by atoms with Crippen molar-refractivity contribution in [2.75, 3.05) is 24.5 Å². The monoisotopic (exact) mass is 433 g/mol. The van der Waals surface area contributed by atoms with Crippen LogP contribution in [-0.2, 0) is 19.6 Å². The molecule has 1 N–H and O–H groups in total. The number of benzene rings is 1. The first-order chi connectivity index (χ1) is 14.4. The van der Waals surface area contributed by atoms with Crippen molar-refractivity contribution in [2.24, 2.45) is 5.92 Å². The maximum atomic E-state index is 13.2. The minimum Gasteiger partial charge on any atom is -0.353 e. The molecule has 0 aromatic heterocycles. The van der Waals surface area contributed by atoms with Crippen LogP contribution in [0.1, 0.15) is 57.8 Å². The molecule has 8 heteroatoms. The van der Waals surface area contributed by atoms with E-state index in [4.69, 9.17) is 0 Å². The summed E-state index contributed by atoms with van der Waals surface area (Å²) in [7, 11) is -3.67. The molecule has 2 heterocycles. The molecule has 0 bridgehead atoms. The van der Waals surface area contributed by atoms with Gasteiger partial charge in [0.1, 0.15) is 0 Å². The van der Waals surface area contributed by atoms with E-state index in [-0.39, 0.29) is 35.2 Å². The molecule has 7 nitrogen and oxygen atoms in total. The Hall–Kier alpha value is -1.93. The molecule has 1 aromatic carbocycles. The van der Waals surface area contributed by atoms with Crippen molar-refractivity contribution in [3.63, 3.8) is 0 Å². The first-order valence-electron chi connectivity index (χ1n) is 11.2. The second-order valence-corrected chi connectivity index (χ2v) is 10.6. The molecule has 3 fully saturated rings. The van der Waals surface area contributed by atoms with E-state index in [1.807, 2.05) is 0 Å². The van der Waals surface area contributed by atoms with Crippen LogP contribution < -0.4 is 10.2 Å². The van der Waals surface area contributed by atoms with Crippen molar-refractivity contribution in [3.8, 4) is 0 Å². The molecule has 0 unspecified atom stereocenters. The van der Waals surface area contributed by atoms with E-state index in [0.717, 1.165) is 44.2 Å². The first kappa shape index (κ1) is 21.3. The zero-order chi connectivity index (χ0) is 21.1. The molecule has 0 spiro atoms. The van der Waals surface area contributed by atoms with Crippen LogP contribution in [-0.4, -0.2) is 50.2 Å². The van der Waals surface area contributed by atoms with E-state index in [0.29, 0.717) is 25.9 Å². The van der Waals surface area contributed by atoms with E-state index in [2.05, 4.69) is 5.32 Å².